The lowest BCUT2D eigenvalue weighted by atomic mass is 10.1. The third-order valence-corrected chi connectivity index (χ3v) is 5.24. The van der Waals surface area contributed by atoms with Gasteiger partial charge < -0.3 is 9.84 Å². The summed E-state index contributed by atoms with van der Waals surface area (Å²) in [4.78, 5) is 10.9. The number of halogens is 1. The van der Waals surface area contributed by atoms with Crippen LogP contribution in [0.15, 0.2) is 35.5 Å². The Bertz CT molecular complexity index is 890. The first-order valence-electron chi connectivity index (χ1n) is 7.54. The minimum absolute atomic E-state index is 0.0439. The third-order valence-electron chi connectivity index (χ3n) is 3.90. The van der Waals surface area contributed by atoms with Gasteiger partial charge in [0.05, 0.1) is 17.8 Å². The first-order chi connectivity index (χ1) is 11.9. The number of carboxylic acid groups (broad SMARTS) is 1. The minimum atomic E-state index is -3.97. The topological polar surface area (TPSA) is 111 Å². The molecular weight excluding hydrogens is 353 g/mol. The van der Waals surface area contributed by atoms with Crippen molar-refractivity contribution in [3.05, 3.63) is 42.0 Å². The van der Waals surface area contributed by atoms with Crippen LogP contribution in [0.5, 0.6) is 0 Å². The molecule has 1 aliphatic rings. The normalized spacial score (nSPS) is 15.9. The summed E-state index contributed by atoms with van der Waals surface area (Å²) < 4.78 is 47.4. The van der Waals surface area contributed by atoms with E-state index in [9.17, 15) is 17.6 Å². The molecule has 0 unspecified atom stereocenters. The number of ether oxygens (including phenoxy) is 1. The van der Waals surface area contributed by atoms with Crippen LogP contribution in [0.25, 0.3) is 0 Å². The molecule has 8 nitrogen and oxygen atoms in total. The van der Waals surface area contributed by atoms with Gasteiger partial charge in [0.1, 0.15) is 10.7 Å². The Morgan fingerprint density at radius 2 is 2.08 bits per heavy atom. The van der Waals surface area contributed by atoms with Gasteiger partial charge in [0.15, 0.2) is 0 Å². The van der Waals surface area contributed by atoms with E-state index in [0.717, 1.165) is 31.0 Å². The molecule has 1 aliphatic heterocycles. The Morgan fingerprint density at radius 1 is 1.36 bits per heavy atom. The fourth-order valence-corrected chi connectivity index (χ4v) is 3.56. The summed E-state index contributed by atoms with van der Waals surface area (Å²) in [6.07, 6.45) is 4.13. The molecule has 134 valence electrons. The smallest absolute Gasteiger partial charge is 0.338 e. The lowest BCUT2D eigenvalue weighted by Crippen LogP contribution is -2.20. The zero-order valence-electron chi connectivity index (χ0n) is 13.1. The second-order valence-corrected chi connectivity index (χ2v) is 7.29. The predicted octanol–water partition coefficient (Wildman–Crippen LogP) is 1.87. The molecule has 1 saturated heterocycles. The Balaban J connectivity index is 1.81. The van der Waals surface area contributed by atoms with Crippen LogP contribution in [0, 0.1) is 5.82 Å². The van der Waals surface area contributed by atoms with Gasteiger partial charge in [-0.15, -0.1) is 0 Å². The molecule has 0 saturated carbocycles. The summed E-state index contributed by atoms with van der Waals surface area (Å²) in [5.41, 5.74) is -0.657. The maximum absolute atomic E-state index is 13.4. The van der Waals surface area contributed by atoms with Crippen LogP contribution in [-0.2, 0) is 14.8 Å². The molecule has 2 aromatic rings. The molecule has 0 spiro atoms. The van der Waals surface area contributed by atoms with Crippen LogP contribution in [0.1, 0.15) is 29.2 Å². The molecule has 1 fully saturated rings. The van der Waals surface area contributed by atoms with Crippen molar-refractivity contribution in [3.63, 3.8) is 0 Å². The van der Waals surface area contributed by atoms with Crippen molar-refractivity contribution >= 4 is 21.7 Å². The standard InChI is InChI=1S/C15H16FN3O5S/c16-14-2-1-10(7-13(14)15(20)21)18-25(22,23)12-8-17-19(9-12)11-3-5-24-6-4-11/h1-2,7-9,11,18H,3-6H2,(H,20,21). The number of rotatable bonds is 5. The molecule has 2 N–H and O–H groups in total. The number of nitrogens with one attached hydrogen (secondary N) is 1. The van der Waals surface area contributed by atoms with Crippen molar-refractivity contribution in [1.82, 2.24) is 9.78 Å². The molecular formula is C15H16FN3O5S. The summed E-state index contributed by atoms with van der Waals surface area (Å²) in [5, 5.41) is 13.0. The van der Waals surface area contributed by atoms with Crippen molar-refractivity contribution in [1.29, 1.82) is 0 Å². The van der Waals surface area contributed by atoms with Gasteiger partial charge in [-0.2, -0.15) is 5.10 Å². The Labute approximate surface area is 143 Å². The van der Waals surface area contributed by atoms with Gasteiger partial charge in [-0.25, -0.2) is 17.6 Å². The number of aromatic nitrogens is 2. The first-order valence-corrected chi connectivity index (χ1v) is 9.03. The van der Waals surface area contributed by atoms with E-state index >= 15 is 0 Å². The SMILES string of the molecule is O=C(O)c1cc(NS(=O)(=O)c2cnn(C3CCOCC3)c2)ccc1F. The summed E-state index contributed by atoms with van der Waals surface area (Å²) in [5.74, 6) is -2.42. The fraction of sp³-hybridized carbons (Fsp3) is 0.333. The maximum Gasteiger partial charge on any atom is 0.338 e. The van der Waals surface area contributed by atoms with Crippen molar-refractivity contribution < 1.29 is 27.4 Å². The Kier molecular flexibility index (Phi) is 4.73. The Morgan fingerprint density at radius 3 is 2.76 bits per heavy atom. The number of sulfonamides is 1. The van der Waals surface area contributed by atoms with Crippen molar-refractivity contribution in [2.75, 3.05) is 17.9 Å². The van der Waals surface area contributed by atoms with Gasteiger partial charge in [0, 0.05) is 25.1 Å². The third kappa shape index (κ3) is 3.80. The van der Waals surface area contributed by atoms with Gasteiger partial charge >= 0.3 is 5.97 Å². The van der Waals surface area contributed by atoms with Gasteiger partial charge in [-0.1, -0.05) is 0 Å². The number of hydrogen-bond donors (Lipinski definition) is 2. The lowest BCUT2D eigenvalue weighted by Gasteiger charge is -2.22. The fourth-order valence-electron chi connectivity index (χ4n) is 2.58. The summed E-state index contributed by atoms with van der Waals surface area (Å²) in [7, 11) is -3.97. The van der Waals surface area contributed by atoms with Crippen LogP contribution in [0.4, 0.5) is 10.1 Å². The summed E-state index contributed by atoms with van der Waals surface area (Å²) >= 11 is 0. The number of aromatic carboxylic acids is 1. The van der Waals surface area contributed by atoms with Crippen molar-refractivity contribution in [2.24, 2.45) is 0 Å². The maximum atomic E-state index is 13.4. The molecule has 3 rings (SSSR count). The molecule has 0 radical (unpaired) electrons. The molecule has 25 heavy (non-hydrogen) atoms. The van der Waals surface area contributed by atoms with Gasteiger partial charge in [-0.3, -0.25) is 9.40 Å². The van der Waals surface area contributed by atoms with E-state index in [1.807, 2.05) is 0 Å². The molecule has 0 bridgehead atoms. The van der Waals surface area contributed by atoms with Gasteiger partial charge in [0.25, 0.3) is 10.0 Å². The second kappa shape index (κ2) is 6.81. The van der Waals surface area contributed by atoms with E-state index in [2.05, 4.69) is 9.82 Å². The number of carboxylic acids is 1. The molecule has 1 aromatic heterocycles. The quantitative estimate of drug-likeness (QED) is 0.832. The van der Waals surface area contributed by atoms with E-state index in [1.54, 1.807) is 4.68 Å². The van der Waals surface area contributed by atoms with Crippen molar-refractivity contribution in [3.8, 4) is 0 Å². The number of anilines is 1. The molecule has 0 aliphatic carbocycles. The highest BCUT2D eigenvalue weighted by Crippen LogP contribution is 2.23. The highest BCUT2D eigenvalue weighted by molar-refractivity contribution is 7.92. The number of carbonyl (C=O) groups is 1. The second-order valence-electron chi connectivity index (χ2n) is 5.60. The van der Waals surface area contributed by atoms with Crippen LogP contribution in [0.3, 0.4) is 0 Å². The lowest BCUT2D eigenvalue weighted by molar-refractivity contribution is 0.0661. The van der Waals surface area contributed by atoms with E-state index in [-0.39, 0.29) is 16.6 Å². The molecule has 0 atom stereocenters. The van der Waals surface area contributed by atoms with E-state index in [0.29, 0.717) is 13.2 Å². The average Bonchev–Trinajstić information content (AvgIpc) is 3.08. The number of hydrogen-bond acceptors (Lipinski definition) is 5. The van der Waals surface area contributed by atoms with Crippen LogP contribution in [-0.4, -0.2) is 42.5 Å². The highest BCUT2D eigenvalue weighted by Gasteiger charge is 2.22. The van der Waals surface area contributed by atoms with E-state index < -0.39 is 27.4 Å². The summed E-state index contributed by atoms with van der Waals surface area (Å²) in [6.45, 7) is 1.19. The van der Waals surface area contributed by atoms with E-state index in [4.69, 9.17) is 9.84 Å². The predicted molar refractivity (Wildman–Crippen MR) is 85.5 cm³/mol. The molecule has 10 heteroatoms. The zero-order chi connectivity index (χ0) is 18.0. The first kappa shape index (κ1) is 17.4. The number of benzene rings is 1. The Hall–Kier alpha value is -2.46. The zero-order valence-corrected chi connectivity index (χ0v) is 13.9. The molecule has 1 aromatic carbocycles. The van der Waals surface area contributed by atoms with Crippen LogP contribution >= 0.6 is 0 Å². The molecule has 2 heterocycles. The van der Waals surface area contributed by atoms with Crippen molar-refractivity contribution in [2.45, 2.75) is 23.8 Å². The van der Waals surface area contributed by atoms with Gasteiger partial charge in [0.2, 0.25) is 0 Å². The number of nitrogens with zero attached hydrogens (tertiary/aromatic N) is 2. The molecule has 0 amide bonds. The van der Waals surface area contributed by atoms with Gasteiger partial charge in [-0.05, 0) is 31.0 Å². The van der Waals surface area contributed by atoms with Crippen LogP contribution in [0.2, 0.25) is 0 Å². The van der Waals surface area contributed by atoms with E-state index in [1.165, 1.54) is 12.4 Å². The van der Waals surface area contributed by atoms with Crippen LogP contribution < -0.4 is 4.72 Å². The minimum Gasteiger partial charge on any atom is -0.478 e. The average molecular weight is 369 g/mol. The highest BCUT2D eigenvalue weighted by atomic mass is 32.2. The monoisotopic (exact) mass is 369 g/mol. The largest absolute Gasteiger partial charge is 0.478 e. The summed E-state index contributed by atoms with van der Waals surface area (Å²) in [6, 6.07) is 3.05.